The molecule has 3 rings (SSSR count). The third-order valence-electron chi connectivity index (χ3n) is 3.86. The summed E-state index contributed by atoms with van der Waals surface area (Å²) in [6.07, 6.45) is 8.49. The largest absolute Gasteiger partial charge is 0.237 e. The van der Waals surface area contributed by atoms with Gasteiger partial charge in [0.15, 0.2) is 6.17 Å². The summed E-state index contributed by atoms with van der Waals surface area (Å²) in [7, 11) is 0. The van der Waals surface area contributed by atoms with Gasteiger partial charge in [-0.05, 0) is 31.1 Å². The minimum absolute atomic E-state index is 0.264. The molecule has 0 spiro atoms. The lowest BCUT2D eigenvalue weighted by atomic mass is 9.64. The number of rotatable bonds is 3. The van der Waals surface area contributed by atoms with E-state index in [-0.39, 0.29) is 5.92 Å². The summed E-state index contributed by atoms with van der Waals surface area (Å²) in [4.78, 5) is 27.8. The van der Waals surface area contributed by atoms with Crippen molar-refractivity contribution < 1.29 is 9.59 Å². The second-order valence-corrected chi connectivity index (χ2v) is 4.53. The van der Waals surface area contributed by atoms with Gasteiger partial charge in [0.25, 0.3) is 0 Å². The third-order valence-corrected chi connectivity index (χ3v) is 3.86. The molecule has 80 valence electrons. The van der Waals surface area contributed by atoms with Crippen LogP contribution in [0.4, 0.5) is 0 Å². The molecule has 0 saturated heterocycles. The van der Waals surface area contributed by atoms with E-state index >= 15 is 0 Å². The Balaban J connectivity index is 2.13. The fourth-order valence-corrected chi connectivity index (χ4v) is 3.12. The van der Waals surface area contributed by atoms with Gasteiger partial charge in [0.05, 0.1) is 0 Å². The third kappa shape index (κ3) is 2.06. The van der Waals surface area contributed by atoms with Gasteiger partial charge in [-0.1, -0.05) is 12.8 Å². The first-order chi connectivity index (χ1) is 7.35. The fraction of sp³-hybridized carbons (Fsp3) is 0.818. The molecule has 0 N–H and O–H groups in total. The van der Waals surface area contributed by atoms with Gasteiger partial charge in [-0.25, -0.2) is 9.59 Å². The molecule has 4 heteroatoms. The summed E-state index contributed by atoms with van der Waals surface area (Å²) < 4.78 is 0. The Labute approximate surface area is 88.5 Å². The molecule has 3 aliphatic rings. The first-order valence-electron chi connectivity index (χ1n) is 5.49. The lowest BCUT2D eigenvalue weighted by molar-refractivity contribution is 0.0833. The normalized spacial score (nSPS) is 35.1. The molecular weight excluding hydrogens is 192 g/mol. The van der Waals surface area contributed by atoms with Crippen LogP contribution >= 0.6 is 0 Å². The van der Waals surface area contributed by atoms with Crippen LogP contribution in [0.1, 0.15) is 32.1 Å². The van der Waals surface area contributed by atoms with Gasteiger partial charge in [0.2, 0.25) is 12.2 Å². The maximum Gasteiger partial charge on any atom is 0.237 e. The Bertz CT molecular complexity index is 303. The van der Waals surface area contributed by atoms with Crippen LogP contribution in [0.25, 0.3) is 0 Å². The second kappa shape index (κ2) is 4.52. The molecule has 3 aliphatic carbocycles. The molecule has 0 aromatic rings. The van der Waals surface area contributed by atoms with Gasteiger partial charge in [0, 0.05) is 5.92 Å². The maximum atomic E-state index is 10.3. The van der Waals surface area contributed by atoms with E-state index in [9.17, 15) is 9.59 Å². The van der Waals surface area contributed by atoms with Crippen LogP contribution in [0.3, 0.4) is 0 Å². The van der Waals surface area contributed by atoms with Crippen molar-refractivity contribution in [1.82, 2.24) is 0 Å². The van der Waals surface area contributed by atoms with Crippen LogP contribution in [-0.4, -0.2) is 18.3 Å². The highest BCUT2D eigenvalue weighted by molar-refractivity contribution is 5.37. The highest BCUT2D eigenvalue weighted by atomic mass is 16.1. The topological polar surface area (TPSA) is 58.9 Å². The van der Waals surface area contributed by atoms with Crippen LogP contribution in [0, 0.1) is 17.8 Å². The van der Waals surface area contributed by atoms with E-state index < -0.39 is 6.17 Å². The Morgan fingerprint density at radius 3 is 2.00 bits per heavy atom. The van der Waals surface area contributed by atoms with Gasteiger partial charge in [-0.15, -0.1) is 0 Å². The molecular formula is C11H14N2O2. The molecule has 0 aromatic carbocycles. The van der Waals surface area contributed by atoms with Crippen molar-refractivity contribution in [2.45, 2.75) is 38.3 Å². The molecule has 3 fully saturated rings. The van der Waals surface area contributed by atoms with E-state index in [1.54, 1.807) is 0 Å². The van der Waals surface area contributed by atoms with Gasteiger partial charge in [0.1, 0.15) is 0 Å². The summed E-state index contributed by atoms with van der Waals surface area (Å²) >= 11 is 0. The number of carbonyl (C=O) groups excluding carboxylic acids is 2. The summed E-state index contributed by atoms with van der Waals surface area (Å²) in [5.41, 5.74) is 0. The van der Waals surface area contributed by atoms with Crippen molar-refractivity contribution >= 4 is 12.2 Å². The average Bonchev–Trinajstić information content (AvgIpc) is 2.30. The zero-order valence-corrected chi connectivity index (χ0v) is 8.56. The van der Waals surface area contributed by atoms with Crippen molar-refractivity contribution in [2.75, 3.05) is 0 Å². The number of aliphatic imine (C=N–C) groups is 2. The summed E-state index contributed by atoms with van der Waals surface area (Å²) in [5.74, 6) is 1.58. The second-order valence-electron chi connectivity index (χ2n) is 4.53. The zero-order chi connectivity index (χ0) is 10.7. The minimum Gasteiger partial charge on any atom is -0.211 e. The molecule has 0 heterocycles. The molecule has 0 aliphatic heterocycles. The molecule has 4 nitrogen and oxygen atoms in total. The van der Waals surface area contributed by atoms with E-state index in [4.69, 9.17) is 0 Å². The number of nitrogens with zero attached hydrogens (tertiary/aromatic N) is 2. The van der Waals surface area contributed by atoms with Gasteiger partial charge in [-0.2, -0.15) is 9.98 Å². The van der Waals surface area contributed by atoms with Crippen LogP contribution < -0.4 is 0 Å². The molecule has 15 heavy (non-hydrogen) atoms. The first-order valence-corrected chi connectivity index (χ1v) is 5.49. The van der Waals surface area contributed by atoms with Crippen LogP contribution in [-0.2, 0) is 9.59 Å². The lowest BCUT2D eigenvalue weighted by Crippen LogP contribution is -2.36. The highest BCUT2D eigenvalue weighted by Gasteiger charge is 2.39. The van der Waals surface area contributed by atoms with E-state index in [1.165, 1.54) is 37.8 Å². The molecule has 1 atom stereocenters. The summed E-state index contributed by atoms with van der Waals surface area (Å²) in [5, 5.41) is 0. The van der Waals surface area contributed by atoms with E-state index in [0.29, 0.717) is 5.92 Å². The Morgan fingerprint density at radius 2 is 1.60 bits per heavy atom. The standard InChI is InChI=1S/C11H14N2O2/c14-6-12-11(13-7-15)10-5-8-1-3-9(10)4-2-8/h8-11H,1-5H2. The molecule has 1 unspecified atom stereocenters. The maximum absolute atomic E-state index is 10.3. The Morgan fingerprint density at radius 1 is 1.00 bits per heavy atom. The van der Waals surface area contributed by atoms with Crippen LogP contribution in [0.5, 0.6) is 0 Å². The van der Waals surface area contributed by atoms with E-state index in [0.717, 1.165) is 12.3 Å². The van der Waals surface area contributed by atoms with Crippen molar-refractivity contribution in [3.05, 3.63) is 0 Å². The van der Waals surface area contributed by atoms with Crippen molar-refractivity contribution in [1.29, 1.82) is 0 Å². The monoisotopic (exact) mass is 206 g/mol. The van der Waals surface area contributed by atoms with Gasteiger partial charge >= 0.3 is 0 Å². The number of hydrogen-bond donors (Lipinski definition) is 0. The van der Waals surface area contributed by atoms with Crippen molar-refractivity contribution in [2.24, 2.45) is 27.7 Å². The number of fused-ring (bicyclic) bond motifs is 3. The molecule has 3 saturated carbocycles. The van der Waals surface area contributed by atoms with E-state index in [1.807, 2.05) is 0 Å². The van der Waals surface area contributed by atoms with Crippen LogP contribution in [0.15, 0.2) is 9.98 Å². The van der Waals surface area contributed by atoms with E-state index in [2.05, 4.69) is 9.98 Å². The molecule has 0 radical (unpaired) electrons. The summed E-state index contributed by atoms with van der Waals surface area (Å²) in [6, 6.07) is 0. The lowest BCUT2D eigenvalue weighted by Gasteiger charge is -2.43. The fourth-order valence-electron chi connectivity index (χ4n) is 3.12. The predicted molar refractivity (Wildman–Crippen MR) is 53.6 cm³/mol. The Hall–Kier alpha value is -1.24. The van der Waals surface area contributed by atoms with Crippen molar-refractivity contribution in [3.63, 3.8) is 0 Å². The predicted octanol–water partition coefficient (Wildman–Crippen LogP) is 1.81. The van der Waals surface area contributed by atoms with Gasteiger partial charge in [-0.3, -0.25) is 0 Å². The minimum atomic E-state index is -0.520. The molecule has 0 aromatic heterocycles. The average molecular weight is 206 g/mol. The molecule has 2 bridgehead atoms. The molecule has 0 amide bonds. The Kier molecular flexibility index (Phi) is 3.10. The van der Waals surface area contributed by atoms with Gasteiger partial charge < -0.3 is 0 Å². The summed E-state index contributed by atoms with van der Waals surface area (Å²) in [6.45, 7) is 0. The first kappa shape index (κ1) is 10.3. The quantitative estimate of drug-likeness (QED) is 0.522. The number of hydrogen-bond acceptors (Lipinski definition) is 4. The highest BCUT2D eigenvalue weighted by Crippen LogP contribution is 2.46. The van der Waals surface area contributed by atoms with Crippen LogP contribution in [0.2, 0.25) is 0 Å². The zero-order valence-electron chi connectivity index (χ0n) is 8.56. The smallest absolute Gasteiger partial charge is 0.211 e. The SMILES string of the molecule is O=C=NC(N=C=O)C1CC2CCC1CC2. The van der Waals surface area contributed by atoms with Crippen molar-refractivity contribution in [3.8, 4) is 0 Å². The number of isocyanates is 2.